The molecule has 2 bridgehead atoms. The van der Waals surface area contributed by atoms with Crippen LogP contribution in [0.1, 0.15) is 33.1 Å². The lowest BCUT2D eigenvalue weighted by Gasteiger charge is -2.29. The summed E-state index contributed by atoms with van der Waals surface area (Å²) in [5, 5.41) is 0. The minimum absolute atomic E-state index is 0.335. The molecule has 2 fully saturated rings. The lowest BCUT2D eigenvalue weighted by Crippen LogP contribution is -2.44. The number of likely N-dealkylation sites (tertiary alicyclic amines) is 1. The minimum Gasteiger partial charge on any atom is -0.326 e. The zero-order valence-electron chi connectivity index (χ0n) is 11.0. The Morgan fingerprint density at radius 1 is 1.19 bits per heavy atom. The second-order valence-electron chi connectivity index (χ2n) is 6.01. The first-order chi connectivity index (χ1) is 7.58. The topological polar surface area (TPSA) is 32.5 Å². The molecule has 3 atom stereocenters. The number of hydrogen-bond donors (Lipinski definition) is 1. The molecule has 2 aliphatic heterocycles. The van der Waals surface area contributed by atoms with Crippen LogP contribution in [-0.2, 0) is 0 Å². The molecule has 0 spiro atoms. The van der Waals surface area contributed by atoms with Gasteiger partial charge < -0.3 is 10.6 Å². The van der Waals surface area contributed by atoms with E-state index in [2.05, 4.69) is 30.7 Å². The number of likely N-dealkylation sites (N-methyl/N-ethyl adjacent to an activating group) is 1. The molecule has 2 aliphatic rings. The fourth-order valence-electron chi connectivity index (χ4n) is 3.05. The van der Waals surface area contributed by atoms with Crippen LogP contribution in [0, 0.1) is 5.92 Å². The number of hydrogen-bond acceptors (Lipinski definition) is 3. The van der Waals surface area contributed by atoms with Crippen LogP contribution in [0.25, 0.3) is 0 Å². The highest BCUT2D eigenvalue weighted by atomic mass is 15.3. The number of nitrogens with zero attached hydrogens (tertiary/aromatic N) is 2. The van der Waals surface area contributed by atoms with Crippen molar-refractivity contribution in [3.05, 3.63) is 0 Å². The number of nitrogens with two attached hydrogens (primary N) is 1. The van der Waals surface area contributed by atoms with Crippen LogP contribution in [0.15, 0.2) is 0 Å². The van der Waals surface area contributed by atoms with E-state index >= 15 is 0 Å². The van der Waals surface area contributed by atoms with Crippen molar-refractivity contribution in [2.75, 3.05) is 26.7 Å². The largest absolute Gasteiger partial charge is 0.326 e. The maximum absolute atomic E-state index is 6.18. The van der Waals surface area contributed by atoms with Gasteiger partial charge in [-0.3, -0.25) is 4.90 Å². The molecule has 0 aromatic carbocycles. The van der Waals surface area contributed by atoms with Gasteiger partial charge in [0.2, 0.25) is 0 Å². The summed E-state index contributed by atoms with van der Waals surface area (Å²) in [7, 11) is 2.30. The summed E-state index contributed by atoms with van der Waals surface area (Å²) in [5.74, 6) is 0.596. The zero-order valence-corrected chi connectivity index (χ0v) is 11.0. The molecule has 0 radical (unpaired) electrons. The van der Waals surface area contributed by atoms with Crippen molar-refractivity contribution in [3.8, 4) is 0 Å². The van der Waals surface area contributed by atoms with Crippen LogP contribution in [0.2, 0.25) is 0 Å². The van der Waals surface area contributed by atoms with E-state index in [0.29, 0.717) is 12.0 Å². The molecule has 0 aromatic rings. The lowest BCUT2D eigenvalue weighted by atomic mass is 10.0. The maximum atomic E-state index is 6.18. The fraction of sp³-hybridized carbons (Fsp3) is 1.00. The molecule has 2 heterocycles. The summed E-state index contributed by atoms with van der Waals surface area (Å²) in [4.78, 5) is 5.19. The Hall–Kier alpha value is -0.120. The van der Waals surface area contributed by atoms with E-state index in [-0.39, 0.29) is 0 Å². The van der Waals surface area contributed by atoms with Crippen molar-refractivity contribution in [1.29, 1.82) is 0 Å². The monoisotopic (exact) mass is 225 g/mol. The van der Waals surface area contributed by atoms with Crippen LogP contribution in [-0.4, -0.2) is 54.6 Å². The minimum atomic E-state index is 0.335. The van der Waals surface area contributed by atoms with Gasteiger partial charge in [-0.15, -0.1) is 0 Å². The lowest BCUT2D eigenvalue weighted by molar-refractivity contribution is 0.203. The summed E-state index contributed by atoms with van der Waals surface area (Å²) in [6, 6.07) is 1.96. The third-order valence-corrected chi connectivity index (χ3v) is 4.56. The van der Waals surface area contributed by atoms with Gasteiger partial charge in [-0.2, -0.15) is 0 Å². The van der Waals surface area contributed by atoms with E-state index in [1.165, 1.54) is 32.4 Å². The van der Waals surface area contributed by atoms with Gasteiger partial charge in [0.05, 0.1) is 0 Å². The molecule has 3 nitrogen and oxygen atoms in total. The first-order valence-corrected chi connectivity index (χ1v) is 6.77. The second-order valence-corrected chi connectivity index (χ2v) is 6.01. The van der Waals surface area contributed by atoms with E-state index in [1.807, 2.05) is 0 Å². The Kier molecular flexibility index (Phi) is 3.88. The Balaban J connectivity index is 1.89. The van der Waals surface area contributed by atoms with Crippen LogP contribution in [0.3, 0.4) is 0 Å². The molecule has 0 amide bonds. The molecule has 0 aromatic heterocycles. The molecule has 0 saturated carbocycles. The molecule has 94 valence electrons. The Labute approximate surface area is 100.0 Å². The molecule has 16 heavy (non-hydrogen) atoms. The third-order valence-electron chi connectivity index (χ3n) is 4.56. The van der Waals surface area contributed by atoms with Crippen molar-refractivity contribution in [3.63, 3.8) is 0 Å². The highest BCUT2D eigenvalue weighted by Crippen LogP contribution is 2.28. The van der Waals surface area contributed by atoms with E-state index < -0.39 is 0 Å². The Bertz CT molecular complexity index is 229. The van der Waals surface area contributed by atoms with Gasteiger partial charge in [0.1, 0.15) is 0 Å². The normalized spacial score (nSPS) is 34.3. The summed E-state index contributed by atoms with van der Waals surface area (Å²) >= 11 is 0. The predicted molar refractivity (Wildman–Crippen MR) is 68.4 cm³/mol. The SMILES string of the molecule is CC(C)C(N)CN1CCC2CCC(C1)N2C. The van der Waals surface area contributed by atoms with E-state index in [9.17, 15) is 0 Å². The number of fused-ring (bicyclic) bond motifs is 2. The average Bonchev–Trinajstić information content (AvgIpc) is 2.46. The maximum Gasteiger partial charge on any atom is 0.0223 e. The van der Waals surface area contributed by atoms with Gasteiger partial charge in [-0.25, -0.2) is 0 Å². The summed E-state index contributed by atoms with van der Waals surface area (Å²) in [6.45, 7) is 8.00. The predicted octanol–water partition coefficient (Wildman–Crippen LogP) is 1.14. The van der Waals surface area contributed by atoms with Crippen molar-refractivity contribution >= 4 is 0 Å². The molecule has 2 rings (SSSR count). The highest BCUT2D eigenvalue weighted by Gasteiger charge is 2.34. The van der Waals surface area contributed by atoms with Gasteiger partial charge in [-0.05, 0) is 38.8 Å². The van der Waals surface area contributed by atoms with Crippen LogP contribution in [0.4, 0.5) is 0 Å². The van der Waals surface area contributed by atoms with Gasteiger partial charge >= 0.3 is 0 Å². The summed E-state index contributed by atoms with van der Waals surface area (Å²) in [6.07, 6.45) is 4.12. The molecule has 2 saturated heterocycles. The highest BCUT2D eigenvalue weighted by molar-refractivity contribution is 4.91. The van der Waals surface area contributed by atoms with E-state index in [0.717, 1.165) is 18.6 Å². The summed E-state index contributed by atoms with van der Waals surface area (Å²) < 4.78 is 0. The average molecular weight is 225 g/mol. The van der Waals surface area contributed by atoms with Crippen molar-refractivity contribution < 1.29 is 0 Å². The van der Waals surface area contributed by atoms with Crippen molar-refractivity contribution in [2.45, 2.75) is 51.2 Å². The molecular weight excluding hydrogens is 198 g/mol. The standard InChI is InChI=1S/C13H27N3/c1-10(2)13(14)9-16-7-6-11-4-5-12(8-16)15(11)3/h10-13H,4-9,14H2,1-3H3. The van der Waals surface area contributed by atoms with Crippen molar-refractivity contribution in [2.24, 2.45) is 11.7 Å². The summed E-state index contributed by atoms with van der Waals surface area (Å²) in [5.41, 5.74) is 6.18. The van der Waals surface area contributed by atoms with Crippen molar-refractivity contribution in [1.82, 2.24) is 9.80 Å². The van der Waals surface area contributed by atoms with Crippen LogP contribution in [0.5, 0.6) is 0 Å². The molecule has 0 aliphatic carbocycles. The van der Waals surface area contributed by atoms with Gasteiger partial charge in [0.25, 0.3) is 0 Å². The van der Waals surface area contributed by atoms with Gasteiger partial charge in [0, 0.05) is 31.2 Å². The second kappa shape index (κ2) is 5.03. The molecule has 3 unspecified atom stereocenters. The van der Waals surface area contributed by atoms with E-state index in [4.69, 9.17) is 5.73 Å². The quantitative estimate of drug-likeness (QED) is 0.782. The van der Waals surface area contributed by atoms with Gasteiger partial charge in [-0.1, -0.05) is 13.8 Å². The Morgan fingerprint density at radius 3 is 2.56 bits per heavy atom. The zero-order chi connectivity index (χ0) is 11.7. The first-order valence-electron chi connectivity index (χ1n) is 6.77. The van der Waals surface area contributed by atoms with E-state index in [1.54, 1.807) is 0 Å². The van der Waals surface area contributed by atoms with Crippen LogP contribution >= 0.6 is 0 Å². The smallest absolute Gasteiger partial charge is 0.0223 e. The molecular formula is C13H27N3. The number of rotatable bonds is 3. The molecule has 3 heteroatoms. The third kappa shape index (κ3) is 2.58. The first kappa shape index (κ1) is 12.3. The fourth-order valence-corrected chi connectivity index (χ4v) is 3.05. The Morgan fingerprint density at radius 2 is 1.88 bits per heavy atom. The molecule has 2 N–H and O–H groups in total. The van der Waals surface area contributed by atoms with Crippen LogP contribution < -0.4 is 5.73 Å². The van der Waals surface area contributed by atoms with Gasteiger partial charge in [0.15, 0.2) is 0 Å².